The number of rotatable bonds is 36. The highest BCUT2D eigenvalue weighted by Crippen LogP contribution is 2.21. The summed E-state index contributed by atoms with van der Waals surface area (Å²) in [5.41, 5.74) is 0. The minimum atomic E-state index is 0.0344. The number of hydrogen-bond acceptors (Lipinski definition) is 6. The number of ether oxygens (including phenoxy) is 2. The monoisotopic (exact) mass is 654 g/mol. The average Bonchev–Trinajstić information content (AvgIpc) is 3.06. The van der Waals surface area contributed by atoms with E-state index >= 15 is 0 Å². The van der Waals surface area contributed by atoms with Crippen molar-refractivity contribution < 1.29 is 24.2 Å². The van der Waals surface area contributed by atoms with Crippen LogP contribution in [0.5, 0.6) is 0 Å². The van der Waals surface area contributed by atoms with Crippen LogP contribution < -0.4 is 0 Å². The number of nitrogens with zero attached hydrogens (tertiary/aromatic N) is 1. The second-order valence-electron chi connectivity index (χ2n) is 13.8. The van der Waals surface area contributed by atoms with Gasteiger partial charge in [0.2, 0.25) is 0 Å². The van der Waals surface area contributed by atoms with E-state index in [1.54, 1.807) is 0 Å². The smallest absolute Gasteiger partial charge is 0.308 e. The molecule has 6 nitrogen and oxygen atoms in total. The van der Waals surface area contributed by atoms with Crippen molar-refractivity contribution in [1.82, 2.24) is 4.90 Å². The Morgan fingerprint density at radius 1 is 0.457 bits per heavy atom. The Labute approximate surface area is 286 Å². The molecule has 274 valence electrons. The molecule has 0 saturated carbocycles. The van der Waals surface area contributed by atoms with Gasteiger partial charge in [-0.2, -0.15) is 0 Å². The number of aliphatic hydroxyl groups is 1. The molecule has 0 amide bonds. The highest BCUT2D eigenvalue weighted by atomic mass is 16.5. The van der Waals surface area contributed by atoms with Crippen LogP contribution in [-0.4, -0.2) is 61.4 Å². The van der Waals surface area contributed by atoms with Gasteiger partial charge in [-0.1, -0.05) is 130 Å². The van der Waals surface area contributed by atoms with E-state index in [-0.39, 0.29) is 30.4 Å². The Hall–Kier alpha value is -1.14. The molecule has 0 aliphatic carbocycles. The lowest BCUT2D eigenvalue weighted by molar-refractivity contribution is -0.150. The summed E-state index contributed by atoms with van der Waals surface area (Å²) in [4.78, 5) is 27.9. The summed E-state index contributed by atoms with van der Waals surface area (Å²) in [5.74, 6) is 0.249. The first kappa shape index (κ1) is 44.9. The third-order valence-electron chi connectivity index (χ3n) is 9.40. The molecule has 0 aliphatic rings. The van der Waals surface area contributed by atoms with Crippen LogP contribution in [0.25, 0.3) is 0 Å². The number of esters is 2. The van der Waals surface area contributed by atoms with Crippen LogP contribution in [0, 0.1) is 11.8 Å². The topological polar surface area (TPSA) is 76.1 Å². The van der Waals surface area contributed by atoms with Gasteiger partial charge in [-0.15, -0.1) is 0 Å². The van der Waals surface area contributed by atoms with Gasteiger partial charge in [-0.3, -0.25) is 9.59 Å². The lowest BCUT2D eigenvalue weighted by Gasteiger charge is -2.22. The first-order valence-corrected chi connectivity index (χ1v) is 20.2. The second-order valence-corrected chi connectivity index (χ2v) is 13.8. The van der Waals surface area contributed by atoms with Gasteiger partial charge < -0.3 is 19.5 Å². The number of carbonyl (C=O) groups excluding carboxylic acids is 2. The quantitative estimate of drug-likeness (QED) is 0.0536. The zero-order chi connectivity index (χ0) is 33.9. The minimum Gasteiger partial charge on any atom is -0.465 e. The fraction of sp³-hybridized carbons (Fsp3) is 0.950. The maximum absolute atomic E-state index is 12.7. The average molecular weight is 654 g/mol. The van der Waals surface area contributed by atoms with Crippen molar-refractivity contribution in [2.45, 2.75) is 195 Å². The van der Waals surface area contributed by atoms with Crippen LogP contribution in [0.3, 0.4) is 0 Å². The normalized spacial score (nSPS) is 12.8. The van der Waals surface area contributed by atoms with Gasteiger partial charge in [-0.25, -0.2) is 0 Å². The van der Waals surface area contributed by atoms with Crippen molar-refractivity contribution in [3.05, 3.63) is 0 Å². The lowest BCUT2D eigenvalue weighted by atomic mass is 9.95. The highest BCUT2D eigenvalue weighted by Gasteiger charge is 2.20. The summed E-state index contributed by atoms with van der Waals surface area (Å²) in [6, 6.07) is 0. The van der Waals surface area contributed by atoms with Crippen LogP contribution >= 0.6 is 0 Å². The van der Waals surface area contributed by atoms with Crippen molar-refractivity contribution in [3.8, 4) is 0 Å². The molecule has 2 unspecified atom stereocenters. The van der Waals surface area contributed by atoms with E-state index in [4.69, 9.17) is 9.47 Å². The van der Waals surface area contributed by atoms with Crippen LogP contribution in [-0.2, 0) is 19.1 Å². The molecule has 0 bridgehead atoms. The van der Waals surface area contributed by atoms with Gasteiger partial charge >= 0.3 is 11.9 Å². The largest absolute Gasteiger partial charge is 0.465 e. The summed E-state index contributed by atoms with van der Waals surface area (Å²) >= 11 is 0. The second kappa shape index (κ2) is 35.2. The molecule has 6 heteroatoms. The summed E-state index contributed by atoms with van der Waals surface area (Å²) in [7, 11) is 0. The molecule has 0 aromatic rings. The third-order valence-corrected chi connectivity index (χ3v) is 9.40. The number of hydrogen-bond donors (Lipinski definition) is 1. The van der Waals surface area contributed by atoms with E-state index < -0.39 is 0 Å². The van der Waals surface area contributed by atoms with E-state index in [1.807, 2.05) is 0 Å². The molecular weight excluding hydrogens is 574 g/mol. The Kier molecular flexibility index (Phi) is 34.3. The van der Waals surface area contributed by atoms with E-state index in [1.165, 1.54) is 38.5 Å². The molecule has 0 radical (unpaired) electrons. The Bertz CT molecular complexity index is 608. The Morgan fingerprint density at radius 3 is 1.20 bits per heavy atom. The van der Waals surface area contributed by atoms with Crippen LogP contribution in [0.4, 0.5) is 0 Å². The van der Waals surface area contributed by atoms with Crippen molar-refractivity contribution in [2.75, 3.05) is 39.5 Å². The molecular formula is C40H79NO5. The van der Waals surface area contributed by atoms with E-state index in [0.29, 0.717) is 13.2 Å². The molecule has 0 saturated heterocycles. The van der Waals surface area contributed by atoms with Gasteiger partial charge in [-0.05, 0) is 83.8 Å². The molecule has 0 aromatic carbocycles. The summed E-state index contributed by atoms with van der Waals surface area (Å²) < 4.78 is 11.4. The van der Waals surface area contributed by atoms with Crippen LogP contribution in [0.2, 0.25) is 0 Å². The molecule has 0 spiro atoms. The van der Waals surface area contributed by atoms with E-state index in [9.17, 15) is 14.7 Å². The van der Waals surface area contributed by atoms with Crippen molar-refractivity contribution in [2.24, 2.45) is 11.8 Å². The van der Waals surface area contributed by atoms with Crippen LogP contribution in [0.15, 0.2) is 0 Å². The van der Waals surface area contributed by atoms with Gasteiger partial charge in [0.1, 0.15) is 0 Å². The fourth-order valence-corrected chi connectivity index (χ4v) is 6.24. The predicted octanol–water partition coefficient (Wildman–Crippen LogP) is 10.8. The third kappa shape index (κ3) is 27.9. The molecule has 1 N–H and O–H groups in total. The van der Waals surface area contributed by atoms with E-state index in [2.05, 4.69) is 32.6 Å². The van der Waals surface area contributed by atoms with Crippen LogP contribution in [0.1, 0.15) is 195 Å². The minimum absolute atomic E-state index is 0.0344. The summed E-state index contributed by atoms with van der Waals surface area (Å²) in [6.45, 7) is 13.4. The zero-order valence-electron chi connectivity index (χ0n) is 31.3. The molecule has 0 fully saturated rings. The van der Waals surface area contributed by atoms with Crippen molar-refractivity contribution in [3.63, 3.8) is 0 Å². The first-order valence-electron chi connectivity index (χ1n) is 20.2. The number of unbranched alkanes of at least 4 members (excludes halogenated alkanes) is 15. The predicted molar refractivity (Wildman–Crippen MR) is 195 cm³/mol. The molecule has 2 atom stereocenters. The van der Waals surface area contributed by atoms with Gasteiger partial charge in [0, 0.05) is 6.61 Å². The van der Waals surface area contributed by atoms with E-state index in [0.717, 1.165) is 148 Å². The van der Waals surface area contributed by atoms with Gasteiger partial charge in [0.25, 0.3) is 0 Å². The summed E-state index contributed by atoms with van der Waals surface area (Å²) in [6.07, 6.45) is 28.7. The maximum Gasteiger partial charge on any atom is 0.308 e. The van der Waals surface area contributed by atoms with Gasteiger partial charge in [0.15, 0.2) is 0 Å². The molecule has 0 heterocycles. The Balaban J connectivity index is 4.20. The Morgan fingerprint density at radius 2 is 0.804 bits per heavy atom. The SMILES string of the molecule is CCCCCCC(CCCC)C(=O)OCCCCCCN(CCCCO)CCCCCCOC(=O)C(CCCC)CCCCCC. The molecule has 0 aliphatic heterocycles. The van der Waals surface area contributed by atoms with Crippen molar-refractivity contribution in [1.29, 1.82) is 0 Å². The molecule has 0 aromatic heterocycles. The summed E-state index contributed by atoms with van der Waals surface area (Å²) in [5, 5.41) is 9.24. The highest BCUT2D eigenvalue weighted by molar-refractivity contribution is 5.72. The number of carbonyl (C=O) groups is 2. The zero-order valence-corrected chi connectivity index (χ0v) is 31.3. The molecule has 0 rings (SSSR count). The van der Waals surface area contributed by atoms with Gasteiger partial charge in [0.05, 0.1) is 25.0 Å². The fourth-order valence-electron chi connectivity index (χ4n) is 6.24. The standard InChI is InChI=1S/C40H79NO5/c1-5-9-13-19-29-37(27-11-7-3)39(43)45-35-25-17-15-21-31-41(33-23-24-34-42)32-22-16-18-26-36-46-40(44)38(28-12-8-4)30-20-14-10-6-2/h37-38,42H,5-36H2,1-4H3. The number of aliphatic hydroxyl groups excluding tert-OH is 1. The first-order chi connectivity index (χ1) is 22.5. The lowest BCUT2D eigenvalue weighted by Crippen LogP contribution is -2.27. The molecule has 46 heavy (non-hydrogen) atoms. The maximum atomic E-state index is 12.7. The van der Waals surface area contributed by atoms with Crippen molar-refractivity contribution >= 4 is 11.9 Å².